The van der Waals surface area contributed by atoms with Crippen molar-refractivity contribution in [1.29, 1.82) is 0 Å². The Labute approximate surface area is 188 Å². The Morgan fingerprint density at radius 2 is 1.69 bits per heavy atom. The highest BCUT2D eigenvalue weighted by atomic mass is 16.1. The maximum atomic E-state index is 12.6. The fourth-order valence-electron chi connectivity index (χ4n) is 4.82. The lowest BCUT2D eigenvalue weighted by Gasteiger charge is -2.35. The summed E-state index contributed by atoms with van der Waals surface area (Å²) < 4.78 is 0. The van der Waals surface area contributed by atoms with Crippen molar-refractivity contribution >= 4 is 34.3 Å². The number of piperazine rings is 1. The van der Waals surface area contributed by atoms with Crippen LogP contribution >= 0.6 is 0 Å². The highest BCUT2D eigenvalue weighted by Crippen LogP contribution is 2.28. The van der Waals surface area contributed by atoms with Gasteiger partial charge in [-0.15, -0.1) is 0 Å². The first-order valence-electron chi connectivity index (χ1n) is 11.7. The zero-order chi connectivity index (χ0) is 21.9. The van der Waals surface area contributed by atoms with Gasteiger partial charge in [0.1, 0.15) is 5.82 Å². The molecule has 1 aliphatic heterocycles. The second kappa shape index (κ2) is 9.10. The maximum Gasteiger partial charge on any atom is 0.227 e. The minimum atomic E-state index is 0.154. The summed E-state index contributed by atoms with van der Waals surface area (Å²) in [5, 5.41) is 4.22. The van der Waals surface area contributed by atoms with Crippen LogP contribution in [-0.4, -0.2) is 47.0 Å². The normalized spacial score (nSPS) is 17.5. The van der Waals surface area contributed by atoms with Crippen molar-refractivity contribution in [1.82, 2.24) is 15.0 Å². The van der Waals surface area contributed by atoms with E-state index in [1.165, 1.54) is 12.0 Å². The molecular formula is C25H30N6O. The summed E-state index contributed by atoms with van der Waals surface area (Å²) in [6.45, 7) is 5.62. The molecule has 2 aliphatic rings. The Balaban J connectivity index is 1.29. The molecule has 0 spiro atoms. The van der Waals surface area contributed by atoms with Crippen molar-refractivity contribution in [2.45, 2.75) is 39.0 Å². The molecule has 7 heteroatoms. The third kappa shape index (κ3) is 4.38. The first kappa shape index (κ1) is 20.7. The van der Waals surface area contributed by atoms with Crippen LogP contribution in [0.4, 0.5) is 17.5 Å². The Bertz CT molecular complexity index is 1090. The van der Waals surface area contributed by atoms with Gasteiger partial charge < -0.3 is 15.1 Å². The summed E-state index contributed by atoms with van der Waals surface area (Å²) in [5.41, 5.74) is 3.00. The van der Waals surface area contributed by atoms with E-state index >= 15 is 0 Å². The number of anilines is 3. The summed E-state index contributed by atoms with van der Waals surface area (Å²) in [6, 6.07) is 10.1. The van der Waals surface area contributed by atoms with Gasteiger partial charge in [0.25, 0.3) is 0 Å². The van der Waals surface area contributed by atoms with E-state index in [1.807, 2.05) is 18.2 Å². The maximum absolute atomic E-state index is 12.6. The molecule has 32 heavy (non-hydrogen) atoms. The van der Waals surface area contributed by atoms with Crippen LogP contribution in [0.1, 0.15) is 37.7 Å². The molecule has 0 atom stereocenters. The van der Waals surface area contributed by atoms with Crippen LogP contribution in [-0.2, 0) is 4.79 Å². The van der Waals surface area contributed by atoms with Crippen LogP contribution in [0.2, 0.25) is 0 Å². The second-order valence-corrected chi connectivity index (χ2v) is 8.88. The standard InChI is InChI=1S/C25H30N6O/c1-18-16-23(30-12-14-31(15-13-30)25-26-10-5-11-27-25)29-22-9-8-20(17-21(18)22)28-24(32)19-6-3-2-4-7-19/h5,8-11,16-17,19H,2-4,6-7,12-15H2,1H3,(H,28,32). The highest BCUT2D eigenvalue weighted by Gasteiger charge is 2.22. The Kier molecular flexibility index (Phi) is 5.88. The number of pyridine rings is 1. The Hall–Kier alpha value is -3.22. The fourth-order valence-corrected chi connectivity index (χ4v) is 4.82. The number of rotatable bonds is 4. The summed E-state index contributed by atoms with van der Waals surface area (Å²) in [7, 11) is 0. The number of nitrogens with zero attached hydrogens (tertiary/aromatic N) is 5. The minimum Gasteiger partial charge on any atom is -0.353 e. The number of amides is 1. The van der Waals surface area contributed by atoms with Crippen LogP contribution in [0.3, 0.4) is 0 Å². The smallest absolute Gasteiger partial charge is 0.227 e. The molecule has 5 rings (SSSR count). The average Bonchev–Trinajstić information content (AvgIpc) is 2.85. The lowest BCUT2D eigenvalue weighted by Crippen LogP contribution is -2.47. The van der Waals surface area contributed by atoms with Crippen molar-refractivity contribution in [3.8, 4) is 0 Å². The number of hydrogen-bond donors (Lipinski definition) is 1. The van der Waals surface area contributed by atoms with Gasteiger partial charge in [-0.3, -0.25) is 4.79 Å². The topological polar surface area (TPSA) is 74.2 Å². The molecule has 7 nitrogen and oxygen atoms in total. The number of carbonyl (C=O) groups is 1. The number of nitrogens with one attached hydrogen (secondary N) is 1. The predicted molar refractivity (Wildman–Crippen MR) is 128 cm³/mol. The number of carbonyl (C=O) groups excluding carboxylic acids is 1. The lowest BCUT2D eigenvalue weighted by molar-refractivity contribution is -0.120. The molecule has 3 heterocycles. The Morgan fingerprint density at radius 1 is 0.969 bits per heavy atom. The molecule has 1 aromatic carbocycles. The van der Waals surface area contributed by atoms with Crippen molar-refractivity contribution in [3.63, 3.8) is 0 Å². The molecule has 3 aromatic rings. The van der Waals surface area contributed by atoms with Crippen molar-refractivity contribution in [2.24, 2.45) is 5.92 Å². The molecule has 1 N–H and O–H groups in total. The zero-order valence-electron chi connectivity index (χ0n) is 18.6. The average molecular weight is 431 g/mol. The summed E-state index contributed by atoms with van der Waals surface area (Å²) in [6.07, 6.45) is 9.16. The van der Waals surface area contributed by atoms with E-state index in [9.17, 15) is 4.79 Å². The van der Waals surface area contributed by atoms with Crippen molar-refractivity contribution < 1.29 is 4.79 Å². The van der Waals surface area contributed by atoms with Crippen LogP contribution in [0.25, 0.3) is 10.9 Å². The van der Waals surface area contributed by atoms with Gasteiger partial charge in [0.05, 0.1) is 5.52 Å². The Morgan fingerprint density at radius 3 is 2.44 bits per heavy atom. The van der Waals surface area contributed by atoms with Crippen LogP contribution < -0.4 is 15.1 Å². The first-order valence-corrected chi connectivity index (χ1v) is 11.7. The highest BCUT2D eigenvalue weighted by molar-refractivity contribution is 5.96. The van der Waals surface area contributed by atoms with Crippen molar-refractivity contribution in [3.05, 3.63) is 48.3 Å². The van der Waals surface area contributed by atoms with E-state index in [1.54, 1.807) is 12.4 Å². The number of fused-ring (bicyclic) bond motifs is 1. The van der Waals surface area contributed by atoms with E-state index in [4.69, 9.17) is 4.98 Å². The zero-order valence-corrected chi connectivity index (χ0v) is 18.6. The number of benzene rings is 1. The fraction of sp³-hybridized carbons (Fsp3) is 0.440. The number of aryl methyl sites for hydroxylation is 1. The summed E-state index contributed by atoms with van der Waals surface area (Å²) >= 11 is 0. The van der Waals surface area contributed by atoms with Crippen LogP contribution in [0.15, 0.2) is 42.7 Å². The van der Waals surface area contributed by atoms with Gasteiger partial charge in [0.2, 0.25) is 11.9 Å². The lowest BCUT2D eigenvalue weighted by atomic mass is 9.88. The molecular weight excluding hydrogens is 400 g/mol. The van der Waals surface area contributed by atoms with Crippen LogP contribution in [0, 0.1) is 12.8 Å². The molecule has 1 saturated heterocycles. The number of aromatic nitrogens is 3. The molecule has 166 valence electrons. The molecule has 1 amide bonds. The predicted octanol–water partition coefficient (Wildman–Crippen LogP) is 4.18. The van der Waals surface area contributed by atoms with E-state index in [0.29, 0.717) is 0 Å². The third-order valence-corrected chi connectivity index (χ3v) is 6.68. The van der Waals surface area contributed by atoms with Gasteiger partial charge in [0, 0.05) is 55.6 Å². The monoisotopic (exact) mass is 430 g/mol. The molecule has 0 bridgehead atoms. The summed E-state index contributed by atoms with van der Waals surface area (Å²) in [5.74, 6) is 2.10. The third-order valence-electron chi connectivity index (χ3n) is 6.68. The molecule has 2 aromatic heterocycles. The van der Waals surface area contributed by atoms with E-state index in [-0.39, 0.29) is 11.8 Å². The van der Waals surface area contributed by atoms with Gasteiger partial charge in [-0.25, -0.2) is 15.0 Å². The first-order chi connectivity index (χ1) is 15.7. The van der Waals surface area contributed by atoms with E-state index in [2.05, 4.69) is 44.1 Å². The second-order valence-electron chi connectivity index (χ2n) is 8.88. The molecule has 0 unspecified atom stereocenters. The quantitative estimate of drug-likeness (QED) is 0.669. The van der Waals surface area contributed by atoms with Gasteiger partial charge in [-0.2, -0.15) is 0 Å². The van der Waals surface area contributed by atoms with Crippen molar-refractivity contribution in [2.75, 3.05) is 41.3 Å². The number of hydrogen-bond acceptors (Lipinski definition) is 6. The molecule has 1 saturated carbocycles. The van der Waals surface area contributed by atoms with Gasteiger partial charge in [0.15, 0.2) is 0 Å². The van der Waals surface area contributed by atoms with Gasteiger partial charge in [-0.1, -0.05) is 19.3 Å². The summed E-state index contributed by atoms with van der Waals surface area (Å²) in [4.78, 5) is 30.8. The van der Waals surface area contributed by atoms with Gasteiger partial charge >= 0.3 is 0 Å². The molecule has 2 fully saturated rings. The van der Waals surface area contributed by atoms with E-state index < -0.39 is 0 Å². The van der Waals surface area contributed by atoms with E-state index in [0.717, 1.165) is 80.2 Å². The SMILES string of the molecule is Cc1cc(N2CCN(c3ncccn3)CC2)nc2ccc(NC(=O)C3CCCCC3)cc12. The van der Waals surface area contributed by atoms with Gasteiger partial charge in [-0.05, 0) is 55.7 Å². The molecule has 0 radical (unpaired) electrons. The molecule has 1 aliphatic carbocycles. The largest absolute Gasteiger partial charge is 0.353 e. The minimum absolute atomic E-state index is 0.154. The van der Waals surface area contributed by atoms with Crippen LogP contribution in [0.5, 0.6) is 0 Å².